The molecule has 1 aliphatic heterocycles. The summed E-state index contributed by atoms with van der Waals surface area (Å²) in [4.78, 5) is 31.1. The van der Waals surface area contributed by atoms with Gasteiger partial charge in [0.15, 0.2) is 0 Å². The first kappa shape index (κ1) is 18.0. The Morgan fingerprint density at radius 2 is 1.86 bits per heavy atom. The summed E-state index contributed by atoms with van der Waals surface area (Å²) in [5, 5.41) is 0. The Morgan fingerprint density at radius 1 is 1.11 bits per heavy atom. The van der Waals surface area contributed by atoms with Crippen LogP contribution in [0.4, 0.5) is 0 Å². The van der Waals surface area contributed by atoms with Gasteiger partial charge in [-0.2, -0.15) is 0 Å². The highest BCUT2D eigenvalue weighted by Crippen LogP contribution is 2.17. The van der Waals surface area contributed by atoms with Crippen molar-refractivity contribution in [3.8, 4) is 5.75 Å². The lowest BCUT2D eigenvalue weighted by molar-refractivity contribution is 0.0731. The maximum Gasteiger partial charge on any atom is 0.256 e. The van der Waals surface area contributed by atoms with Gasteiger partial charge in [0.25, 0.3) is 11.5 Å². The summed E-state index contributed by atoms with van der Waals surface area (Å²) in [6, 6.07) is 17.1. The van der Waals surface area contributed by atoms with E-state index in [1.807, 2.05) is 54.6 Å². The molecule has 2 aromatic carbocycles. The molecule has 1 aliphatic rings. The first-order valence-electron chi connectivity index (χ1n) is 9.21. The molecule has 6 heteroatoms. The number of benzene rings is 2. The monoisotopic (exact) mass is 375 g/mol. The zero-order valence-electron chi connectivity index (χ0n) is 15.7. The third kappa shape index (κ3) is 3.67. The van der Waals surface area contributed by atoms with Gasteiger partial charge in [-0.3, -0.25) is 9.59 Å². The number of aryl methyl sites for hydroxylation is 1. The molecular weight excluding hydrogens is 354 g/mol. The van der Waals surface area contributed by atoms with Crippen LogP contribution in [-0.4, -0.2) is 26.9 Å². The molecule has 0 radical (unpaired) electrons. The summed E-state index contributed by atoms with van der Waals surface area (Å²) < 4.78 is 7.21. The Hall–Kier alpha value is -3.41. The summed E-state index contributed by atoms with van der Waals surface area (Å²) in [5.41, 5.74) is 2.99. The number of carbonyl (C=O) groups excluding carboxylic acids is 1. The lowest BCUT2D eigenvalue weighted by atomic mass is 10.0. The SMILES string of the molecule is Cn1cnc2c(c1=O)CCN(C(=O)c1ccc(COc3ccccc3)cc1)C2. The molecule has 1 amide bonds. The van der Waals surface area contributed by atoms with Crippen LogP contribution in [-0.2, 0) is 26.6 Å². The summed E-state index contributed by atoms with van der Waals surface area (Å²) >= 11 is 0. The highest BCUT2D eigenvalue weighted by atomic mass is 16.5. The van der Waals surface area contributed by atoms with Crippen LogP contribution in [0.2, 0.25) is 0 Å². The maximum atomic E-state index is 12.8. The van der Waals surface area contributed by atoms with Gasteiger partial charge in [0.1, 0.15) is 12.4 Å². The second kappa shape index (κ2) is 7.68. The van der Waals surface area contributed by atoms with Crippen LogP contribution in [0.5, 0.6) is 5.75 Å². The summed E-state index contributed by atoms with van der Waals surface area (Å²) in [6.45, 7) is 1.33. The number of fused-ring (bicyclic) bond motifs is 1. The molecule has 0 N–H and O–H groups in total. The summed E-state index contributed by atoms with van der Waals surface area (Å²) in [6.07, 6.45) is 2.04. The van der Waals surface area contributed by atoms with Crippen LogP contribution in [0.3, 0.4) is 0 Å². The standard InChI is InChI=1S/C22H21N3O3/c1-24-15-23-20-13-25(12-11-19(20)22(24)27)21(26)17-9-7-16(8-10-17)14-28-18-5-3-2-4-6-18/h2-10,15H,11-14H2,1H3. The number of ether oxygens (including phenoxy) is 1. The highest BCUT2D eigenvalue weighted by Gasteiger charge is 2.24. The minimum absolute atomic E-state index is 0.0279. The average molecular weight is 375 g/mol. The second-order valence-corrected chi connectivity index (χ2v) is 6.86. The van der Waals surface area contributed by atoms with E-state index < -0.39 is 0 Å². The normalized spacial score (nSPS) is 13.1. The summed E-state index contributed by atoms with van der Waals surface area (Å²) in [7, 11) is 1.69. The van der Waals surface area contributed by atoms with E-state index in [1.54, 1.807) is 11.9 Å². The van der Waals surface area contributed by atoms with Crippen LogP contribution in [0.1, 0.15) is 27.2 Å². The largest absolute Gasteiger partial charge is 0.489 e. The van der Waals surface area contributed by atoms with Crippen molar-refractivity contribution in [1.29, 1.82) is 0 Å². The lowest BCUT2D eigenvalue weighted by Crippen LogP contribution is -2.40. The molecule has 142 valence electrons. The van der Waals surface area contributed by atoms with Crippen molar-refractivity contribution in [2.24, 2.45) is 7.05 Å². The molecule has 0 atom stereocenters. The van der Waals surface area contributed by atoms with Crippen molar-refractivity contribution >= 4 is 5.91 Å². The first-order chi connectivity index (χ1) is 13.6. The van der Waals surface area contributed by atoms with Gasteiger partial charge < -0.3 is 14.2 Å². The molecule has 0 aliphatic carbocycles. The fraction of sp³-hybridized carbons (Fsp3) is 0.227. The third-order valence-corrected chi connectivity index (χ3v) is 4.92. The molecular formula is C22H21N3O3. The first-order valence-corrected chi connectivity index (χ1v) is 9.21. The fourth-order valence-corrected chi connectivity index (χ4v) is 3.30. The molecule has 28 heavy (non-hydrogen) atoms. The van der Waals surface area contributed by atoms with E-state index in [9.17, 15) is 9.59 Å². The predicted molar refractivity (Wildman–Crippen MR) is 105 cm³/mol. The van der Waals surface area contributed by atoms with E-state index in [0.29, 0.717) is 42.9 Å². The zero-order chi connectivity index (χ0) is 19.5. The van der Waals surface area contributed by atoms with Gasteiger partial charge in [-0.15, -0.1) is 0 Å². The number of aromatic nitrogens is 2. The van der Waals surface area contributed by atoms with E-state index in [-0.39, 0.29) is 11.5 Å². The van der Waals surface area contributed by atoms with Crippen LogP contribution < -0.4 is 10.3 Å². The molecule has 0 saturated carbocycles. The van der Waals surface area contributed by atoms with Crippen LogP contribution >= 0.6 is 0 Å². The van der Waals surface area contributed by atoms with Crippen molar-refractivity contribution in [2.75, 3.05) is 6.54 Å². The van der Waals surface area contributed by atoms with E-state index in [4.69, 9.17) is 4.74 Å². The number of para-hydroxylation sites is 1. The number of nitrogens with zero attached hydrogens (tertiary/aromatic N) is 3. The van der Waals surface area contributed by atoms with E-state index >= 15 is 0 Å². The highest BCUT2D eigenvalue weighted by molar-refractivity contribution is 5.94. The Bertz CT molecular complexity index is 1040. The Labute approximate surface area is 163 Å². The van der Waals surface area contributed by atoms with Crippen molar-refractivity contribution in [3.63, 3.8) is 0 Å². The fourth-order valence-electron chi connectivity index (χ4n) is 3.30. The molecule has 0 spiro atoms. The molecule has 0 saturated heterocycles. The molecule has 0 bridgehead atoms. The van der Waals surface area contributed by atoms with Crippen LogP contribution in [0, 0.1) is 0 Å². The molecule has 6 nitrogen and oxygen atoms in total. The number of amides is 1. The molecule has 0 unspecified atom stereocenters. The molecule has 0 fully saturated rings. The molecule has 1 aromatic heterocycles. The van der Waals surface area contributed by atoms with E-state index in [2.05, 4.69) is 4.98 Å². The van der Waals surface area contributed by atoms with Gasteiger partial charge in [-0.1, -0.05) is 30.3 Å². The van der Waals surface area contributed by atoms with Gasteiger partial charge in [-0.05, 0) is 36.2 Å². The maximum absolute atomic E-state index is 12.8. The van der Waals surface area contributed by atoms with Crippen molar-refractivity contribution in [3.05, 3.63) is 93.7 Å². The minimum Gasteiger partial charge on any atom is -0.489 e. The molecule has 4 rings (SSSR count). The number of hydrogen-bond acceptors (Lipinski definition) is 4. The number of rotatable bonds is 4. The summed E-state index contributed by atoms with van der Waals surface area (Å²) in [5.74, 6) is 0.761. The second-order valence-electron chi connectivity index (χ2n) is 6.86. The smallest absolute Gasteiger partial charge is 0.256 e. The Balaban J connectivity index is 1.42. The Morgan fingerprint density at radius 3 is 2.61 bits per heavy atom. The van der Waals surface area contributed by atoms with Gasteiger partial charge in [0.05, 0.1) is 18.6 Å². The Kier molecular flexibility index (Phi) is 4.93. The van der Waals surface area contributed by atoms with Gasteiger partial charge >= 0.3 is 0 Å². The zero-order valence-corrected chi connectivity index (χ0v) is 15.7. The molecule has 3 aromatic rings. The number of carbonyl (C=O) groups is 1. The van der Waals surface area contributed by atoms with Gasteiger partial charge in [-0.25, -0.2) is 4.98 Å². The van der Waals surface area contributed by atoms with Crippen molar-refractivity contribution < 1.29 is 9.53 Å². The average Bonchev–Trinajstić information content (AvgIpc) is 2.75. The topological polar surface area (TPSA) is 64.4 Å². The number of hydrogen-bond donors (Lipinski definition) is 0. The van der Waals surface area contributed by atoms with Crippen LogP contribution in [0.15, 0.2) is 65.7 Å². The lowest BCUT2D eigenvalue weighted by Gasteiger charge is -2.28. The van der Waals surface area contributed by atoms with E-state index in [1.165, 1.54) is 10.9 Å². The predicted octanol–water partition coefficient (Wildman–Crippen LogP) is 2.56. The molecule has 2 heterocycles. The van der Waals surface area contributed by atoms with Crippen molar-refractivity contribution in [2.45, 2.75) is 19.6 Å². The van der Waals surface area contributed by atoms with Gasteiger partial charge in [0, 0.05) is 24.7 Å². The van der Waals surface area contributed by atoms with Crippen molar-refractivity contribution in [1.82, 2.24) is 14.5 Å². The van der Waals surface area contributed by atoms with Crippen LogP contribution in [0.25, 0.3) is 0 Å². The quantitative estimate of drug-likeness (QED) is 0.703. The van der Waals surface area contributed by atoms with E-state index in [0.717, 1.165) is 11.3 Å². The minimum atomic E-state index is -0.0522. The third-order valence-electron chi connectivity index (χ3n) is 4.92. The van der Waals surface area contributed by atoms with Gasteiger partial charge in [0.2, 0.25) is 0 Å².